The molecule has 0 saturated carbocycles. The number of fused-ring (bicyclic) bond motifs is 1. The van der Waals surface area contributed by atoms with Crippen molar-refractivity contribution in [2.45, 2.75) is 0 Å². The molecule has 0 radical (unpaired) electrons. The highest BCUT2D eigenvalue weighted by atomic mass is 16.6. The third-order valence-electron chi connectivity index (χ3n) is 3.95. The van der Waals surface area contributed by atoms with Gasteiger partial charge in [0, 0.05) is 11.5 Å². The summed E-state index contributed by atoms with van der Waals surface area (Å²) < 4.78 is 20.4. The standard InChI is InChI=1S/C19H15NO8/c1-25-17-8-12(13(20(23)24)9-18(17)26-2)19(22)27-10-14(21)16-7-11-5-3-4-6-15(11)28-16/h3-9H,10H2,1-2H3. The van der Waals surface area contributed by atoms with Gasteiger partial charge in [-0.25, -0.2) is 4.79 Å². The van der Waals surface area contributed by atoms with E-state index >= 15 is 0 Å². The van der Waals surface area contributed by atoms with Gasteiger partial charge in [-0.1, -0.05) is 18.2 Å². The van der Waals surface area contributed by atoms with Crippen LogP contribution in [0.25, 0.3) is 11.0 Å². The number of nitro benzene ring substituents is 1. The molecule has 2 aromatic carbocycles. The maximum absolute atomic E-state index is 12.3. The minimum absolute atomic E-state index is 0.0239. The number of methoxy groups -OCH3 is 2. The number of para-hydroxylation sites is 1. The Balaban J connectivity index is 1.80. The van der Waals surface area contributed by atoms with E-state index in [0.717, 1.165) is 17.5 Å². The fourth-order valence-corrected chi connectivity index (χ4v) is 2.58. The Morgan fingerprint density at radius 2 is 1.75 bits per heavy atom. The van der Waals surface area contributed by atoms with E-state index in [1.807, 2.05) is 0 Å². The molecule has 0 aliphatic rings. The van der Waals surface area contributed by atoms with Crippen molar-refractivity contribution >= 4 is 28.4 Å². The number of rotatable bonds is 7. The van der Waals surface area contributed by atoms with Crippen molar-refractivity contribution in [2.75, 3.05) is 20.8 Å². The Kier molecular flexibility index (Phi) is 5.25. The third-order valence-corrected chi connectivity index (χ3v) is 3.95. The van der Waals surface area contributed by atoms with Gasteiger partial charge in [0.15, 0.2) is 23.9 Å². The number of esters is 1. The van der Waals surface area contributed by atoms with E-state index in [9.17, 15) is 19.7 Å². The van der Waals surface area contributed by atoms with E-state index < -0.39 is 29.0 Å². The molecule has 0 N–H and O–H groups in total. The van der Waals surface area contributed by atoms with E-state index in [-0.39, 0.29) is 22.8 Å². The molecule has 0 aliphatic carbocycles. The Morgan fingerprint density at radius 3 is 2.39 bits per heavy atom. The molecule has 0 spiro atoms. The number of carbonyl (C=O) groups is 2. The quantitative estimate of drug-likeness (QED) is 0.263. The zero-order chi connectivity index (χ0) is 20.3. The lowest BCUT2D eigenvalue weighted by Gasteiger charge is -2.10. The average Bonchev–Trinajstić information content (AvgIpc) is 3.14. The van der Waals surface area contributed by atoms with Gasteiger partial charge in [-0.2, -0.15) is 0 Å². The number of carbonyl (C=O) groups excluding carboxylic acids is 2. The predicted octanol–water partition coefficient (Wildman–Crippen LogP) is 3.40. The topological polar surface area (TPSA) is 118 Å². The van der Waals surface area contributed by atoms with E-state index in [1.165, 1.54) is 20.3 Å². The van der Waals surface area contributed by atoms with Gasteiger partial charge < -0.3 is 18.6 Å². The smallest absolute Gasteiger partial charge is 0.345 e. The van der Waals surface area contributed by atoms with Crippen LogP contribution in [0.3, 0.4) is 0 Å². The molecule has 1 aromatic heterocycles. The number of hydrogen-bond donors (Lipinski definition) is 0. The predicted molar refractivity (Wildman–Crippen MR) is 97.0 cm³/mol. The Hall–Kier alpha value is -3.88. The molecule has 3 aromatic rings. The van der Waals surface area contributed by atoms with E-state index in [4.69, 9.17) is 18.6 Å². The zero-order valence-electron chi connectivity index (χ0n) is 15.0. The summed E-state index contributed by atoms with van der Waals surface area (Å²) in [6.45, 7) is -0.635. The molecule has 0 aliphatic heterocycles. The first-order valence-corrected chi connectivity index (χ1v) is 8.04. The third kappa shape index (κ3) is 3.63. The first kappa shape index (κ1) is 18.9. The SMILES string of the molecule is COc1cc(C(=O)OCC(=O)c2cc3ccccc3o2)c([N+](=O)[O-])cc1OC. The zero-order valence-corrected chi connectivity index (χ0v) is 15.0. The molecule has 3 rings (SSSR count). The summed E-state index contributed by atoms with van der Waals surface area (Å²) in [5, 5.41) is 12.0. The molecule has 0 unspecified atom stereocenters. The van der Waals surface area contributed by atoms with Crippen LogP contribution in [0.1, 0.15) is 20.9 Å². The van der Waals surface area contributed by atoms with Crippen LogP contribution in [-0.4, -0.2) is 37.5 Å². The van der Waals surface area contributed by atoms with Crippen molar-refractivity contribution in [2.24, 2.45) is 0 Å². The number of Topliss-reactive ketones (excluding diaryl/α,β-unsaturated/α-hetero) is 1. The van der Waals surface area contributed by atoms with Gasteiger partial charge in [0.25, 0.3) is 5.69 Å². The number of ether oxygens (including phenoxy) is 3. The van der Waals surface area contributed by atoms with Crippen molar-refractivity contribution in [1.82, 2.24) is 0 Å². The molecular formula is C19H15NO8. The highest BCUT2D eigenvalue weighted by Gasteiger charge is 2.26. The minimum Gasteiger partial charge on any atom is -0.493 e. The summed E-state index contributed by atoms with van der Waals surface area (Å²) >= 11 is 0. The fraction of sp³-hybridized carbons (Fsp3) is 0.158. The molecule has 9 heteroatoms. The van der Waals surface area contributed by atoms with Gasteiger partial charge in [-0.05, 0) is 12.1 Å². The molecule has 0 amide bonds. The van der Waals surface area contributed by atoms with Gasteiger partial charge in [0.05, 0.1) is 25.2 Å². The molecule has 0 atom stereocenters. The molecule has 0 saturated heterocycles. The summed E-state index contributed by atoms with van der Waals surface area (Å²) in [6, 6.07) is 10.7. The maximum atomic E-state index is 12.3. The summed E-state index contributed by atoms with van der Waals surface area (Å²) in [5.74, 6) is -1.40. The summed E-state index contributed by atoms with van der Waals surface area (Å²) in [4.78, 5) is 35.1. The Morgan fingerprint density at radius 1 is 1.07 bits per heavy atom. The van der Waals surface area contributed by atoms with Crippen LogP contribution in [0, 0.1) is 10.1 Å². The first-order valence-electron chi connectivity index (χ1n) is 8.04. The van der Waals surface area contributed by atoms with Gasteiger partial charge >= 0.3 is 5.97 Å². The normalized spacial score (nSPS) is 10.5. The molecular weight excluding hydrogens is 370 g/mol. The van der Waals surface area contributed by atoms with Crippen LogP contribution in [0.2, 0.25) is 0 Å². The van der Waals surface area contributed by atoms with Crippen molar-refractivity contribution in [3.63, 3.8) is 0 Å². The monoisotopic (exact) mass is 385 g/mol. The Bertz CT molecular complexity index is 1040. The summed E-state index contributed by atoms with van der Waals surface area (Å²) in [6.07, 6.45) is 0. The lowest BCUT2D eigenvalue weighted by Crippen LogP contribution is -2.15. The van der Waals surface area contributed by atoms with Crippen molar-refractivity contribution in [3.8, 4) is 11.5 Å². The number of ketones is 1. The van der Waals surface area contributed by atoms with Crippen LogP contribution in [0.4, 0.5) is 5.69 Å². The van der Waals surface area contributed by atoms with Crippen LogP contribution in [0.5, 0.6) is 11.5 Å². The average molecular weight is 385 g/mol. The second-order valence-electron chi connectivity index (χ2n) is 5.63. The number of hydrogen-bond acceptors (Lipinski definition) is 8. The number of furan rings is 1. The van der Waals surface area contributed by atoms with Gasteiger partial charge in [0.2, 0.25) is 5.78 Å². The number of nitrogens with zero attached hydrogens (tertiary/aromatic N) is 1. The number of benzene rings is 2. The van der Waals surface area contributed by atoms with Crippen molar-refractivity contribution in [3.05, 3.63) is 63.9 Å². The lowest BCUT2D eigenvalue weighted by molar-refractivity contribution is -0.385. The van der Waals surface area contributed by atoms with Crippen LogP contribution in [0.15, 0.2) is 46.9 Å². The minimum atomic E-state index is -1.04. The van der Waals surface area contributed by atoms with Crippen molar-refractivity contribution < 1.29 is 33.1 Å². The van der Waals surface area contributed by atoms with E-state index in [0.29, 0.717) is 5.58 Å². The van der Waals surface area contributed by atoms with Crippen molar-refractivity contribution in [1.29, 1.82) is 0 Å². The van der Waals surface area contributed by atoms with Gasteiger partial charge in [0.1, 0.15) is 11.1 Å². The van der Waals surface area contributed by atoms with E-state index in [1.54, 1.807) is 24.3 Å². The fourth-order valence-electron chi connectivity index (χ4n) is 2.58. The molecule has 0 bridgehead atoms. The van der Waals surface area contributed by atoms with Gasteiger partial charge in [-0.15, -0.1) is 0 Å². The molecule has 9 nitrogen and oxygen atoms in total. The maximum Gasteiger partial charge on any atom is 0.345 e. The van der Waals surface area contributed by atoms with E-state index in [2.05, 4.69) is 0 Å². The van der Waals surface area contributed by atoms with Crippen LogP contribution >= 0.6 is 0 Å². The van der Waals surface area contributed by atoms with Crippen LogP contribution < -0.4 is 9.47 Å². The largest absolute Gasteiger partial charge is 0.493 e. The van der Waals surface area contributed by atoms with Crippen LogP contribution in [-0.2, 0) is 4.74 Å². The molecule has 1 heterocycles. The first-order chi connectivity index (χ1) is 13.4. The second-order valence-corrected chi connectivity index (χ2v) is 5.63. The highest BCUT2D eigenvalue weighted by Crippen LogP contribution is 2.34. The second kappa shape index (κ2) is 7.78. The highest BCUT2D eigenvalue weighted by molar-refractivity contribution is 6.01. The van der Waals surface area contributed by atoms with Gasteiger partial charge in [-0.3, -0.25) is 14.9 Å². The number of nitro groups is 1. The Labute approximate surface area is 158 Å². The molecule has 28 heavy (non-hydrogen) atoms. The molecule has 144 valence electrons. The summed E-state index contributed by atoms with van der Waals surface area (Å²) in [7, 11) is 2.63. The molecule has 0 fully saturated rings. The lowest BCUT2D eigenvalue weighted by atomic mass is 10.1. The summed E-state index contributed by atoms with van der Waals surface area (Å²) in [5.41, 5.74) is -0.369.